The summed E-state index contributed by atoms with van der Waals surface area (Å²) < 4.78 is 0. The lowest BCUT2D eigenvalue weighted by Gasteiger charge is -2.07. The Labute approximate surface area is 106 Å². The van der Waals surface area contributed by atoms with Crippen LogP contribution in [-0.4, -0.2) is 4.98 Å². The summed E-state index contributed by atoms with van der Waals surface area (Å²) in [7, 11) is 0. The van der Waals surface area contributed by atoms with Crippen molar-refractivity contribution in [2.75, 3.05) is 0 Å². The monoisotopic (exact) mass is 238 g/mol. The summed E-state index contributed by atoms with van der Waals surface area (Å²) in [6.45, 7) is 4.26. The quantitative estimate of drug-likeness (QED) is 0.874. The van der Waals surface area contributed by atoms with Gasteiger partial charge in [0.25, 0.3) is 5.56 Å². The van der Waals surface area contributed by atoms with E-state index >= 15 is 0 Å². The summed E-state index contributed by atoms with van der Waals surface area (Å²) in [6.07, 6.45) is 1.56. The second-order valence-electron chi connectivity index (χ2n) is 4.48. The van der Waals surface area contributed by atoms with E-state index in [0.717, 1.165) is 5.56 Å². The molecule has 90 valence electrons. The number of nitrogens with one attached hydrogen (secondary N) is 1. The van der Waals surface area contributed by atoms with Crippen LogP contribution in [0.15, 0.2) is 41.3 Å². The van der Waals surface area contributed by atoms with Crippen LogP contribution in [0, 0.1) is 11.3 Å². The normalized spacial score (nSPS) is 10.3. The highest BCUT2D eigenvalue weighted by Gasteiger charge is 2.08. The fourth-order valence-electron chi connectivity index (χ4n) is 1.88. The fourth-order valence-corrected chi connectivity index (χ4v) is 1.88. The largest absolute Gasteiger partial charge is 0.328 e. The molecular formula is C15H14N2O. The molecule has 3 heteroatoms. The molecule has 2 aromatic rings. The second-order valence-corrected chi connectivity index (χ2v) is 4.48. The van der Waals surface area contributed by atoms with Gasteiger partial charge in [-0.25, -0.2) is 0 Å². The molecule has 0 bridgehead atoms. The Morgan fingerprint density at radius 2 is 1.83 bits per heavy atom. The number of nitrogens with zero attached hydrogens (tertiary/aromatic N) is 1. The molecule has 1 aromatic heterocycles. The summed E-state index contributed by atoms with van der Waals surface area (Å²) in [6, 6.07) is 11.7. The first-order valence-electron chi connectivity index (χ1n) is 5.85. The minimum atomic E-state index is -0.345. The number of benzene rings is 1. The minimum absolute atomic E-state index is 0.162. The summed E-state index contributed by atoms with van der Waals surface area (Å²) in [5.41, 5.74) is 2.62. The van der Waals surface area contributed by atoms with E-state index in [1.54, 1.807) is 12.3 Å². The third kappa shape index (κ3) is 2.18. The lowest BCUT2D eigenvalue weighted by molar-refractivity contribution is 0.867. The van der Waals surface area contributed by atoms with E-state index in [9.17, 15) is 4.79 Å². The molecule has 0 spiro atoms. The molecule has 18 heavy (non-hydrogen) atoms. The van der Waals surface area contributed by atoms with Crippen molar-refractivity contribution in [2.45, 2.75) is 19.8 Å². The Hall–Kier alpha value is -2.34. The molecular weight excluding hydrogens is 224 g/mol. The Kier molecular flexibility index (Phi) is 3.29. The van der Waals surface area contributed by atoms with Gasteiger partial charge in [0.05, 0.1) is 0 Å². The molecule has 0 saturated heterocycles. The van der Waals surface area contributed by atoms with Crippen LogP contribution in [0.4, 0.5) is 0 Å². The molecule has 1 heterocycles. The van der Waals surface area contributed by atoms with Gasteiger partial charge in [0, 0.05) is 11.8 Å². The van der Waals surface area contributed by atoms with E-state index in [4.69, 9.17) is 5.26 Å². The molecule has 0 radical (unpaired) electrons. The summed E-state index contributed by atoms with van der Waals surface area (Å²) in [5.74, 6) is 0.466. The van der Waals surface area contributed by atoms with Crippen LogP contribution >= 0.6 is 0 Å². The first-order chi connectivity index (χ1) is 8.63. The topological polar surface area (TPSA) is 56.6 Å². The summed E-state index contributed by atoms with van der Waals surface area (Å²) in [5, 5.41) is 9.03. The molecule has 1 N–H and O–H groups in total. The number of H-pyrrole nitrogens is 1. The van der Waals surface area contributed by atoms with E-state index in [1.807, 2.05) is 30.3 Å². The highest BCUT2D eigenvalue weighted by molar-refractivity contribution is 5.69. The molecule has 0 aliphatic heterocycles. The highest BCUT2D eigenvalue weighted by Crippen LogP contribution is 2.23. The van der Waals surface area contributed by atoms with E-state index in [0.29, 0.717) is 11.5 Å². The van der Waals surface area contributed by atoms with Crippen molar-refractivity contribution in [1.82, 2.24) is 4.98 Å². The molecule has 0 saturated carbocycles. The Bertz CT molecular complexity index is 645. The van der Waals surface area contributed by atoms with Crippen LogP contribution in [0.1, 0.15) is 30.9 Å². The van der Waals surface area contributed by atoms with Gasteiger partial charge in [0.2, 0.25) is 0 Å². The third-order valence-corrected chi connectivity index (χ3v) is 2.96. The van der Waals surface area contributed by atoms with Crippen molar-refractivity contribution in [3.8, 4) is 17.2 Å². The van der Waals surface area contributed by atoms with E-state index in [2.05, 4.69) is 18.8 Å². The number of hydrogen-bond donors (Lipinski definition) is 1. The van der Waals surface area contributed by atoms with Crippen LogP contribution in [0.5, 0.6) is 0 Å². The predicted molar refractivity (Wildman–Crippen MR) is 71.3 cm³/mol. The highest BCUT2D eigenvalue weighted by atomic mass is 16.1. The van der Waals surface area contributed by atoms with Gasteiger partial charge in [0.15, 0.2) is 0 Å². The molecule has 0 aliphatic rings. The number of aromatic amines is 1. The molecule has 2 rings (SSSR count). The van der Waals surface area contributed by atoms with Gasteiger partial charge in [-0.2, -0.15) is 5.26 Å². The average molecular weight is 238 g/mol. The second kappa shape index (κ2) is 4.89. The van der Waals surface area contributed by atoms with Gasteiger partial charge in [-0.05, 0) is 23.1 Å². The van der Waals surface area contributed by atoms with Crippen molar-refractivity contribution in [2.24, 2.45) is 0 Å². The Morgan fingerprint density at radius 3 is 2.39 bits per heavy atom. The van der Waals surface area contributed by atoms with Crippen LogP contribution in [0.3, 0.4) is 0 Å². The maximum Gasteiger partial charge on any atom is 0.266 e. The lowest BCUT2D eigenvalue weighted by Crippen LogP contribution is -2.10. The molecule has 0 unspecified atom stereocenters. The van der Waals surface area contributed by atoms with Crippen LogP contribution in [-0.2, 0) is 0 Å². The molecule has 0 aliphatic carbocycles. The zero-order chi connectivity index (χ0) is 13.1. The number of nitriles is 1. The van der Waals surface area contributed by atoms with Crippen molar-refractivity contribution in [3.63, 3.8) is 0 Å². The van der Waals surface area contributed by atoms with Gasteiger partial charge in [0.1, 0.15) is 11.6 Å². The number of rotatable bonds is 2. The first kappa shape index (κ1) is 12.1. The molecule has 3 nitrogen and oxygen atoms in total. The SMILES string of the molecule is CC(C)c1ccc(-c2cc[nH]c(=O)c2C#N)cc1. The zero-order valence-electron chi connectivity index (χ0n) is 10.4. The predicted octanol–water partition coefficient (Wildman–Crippen LogP) is 3.04. The van der Waals surface area contributed by atoms with Crippen molar-refractivity contribution in [3.05, 3.63) is 58.0 Å². The number of aromatic nitrogens is 1. The number of pyridine rings is 1. The summed E-state index contributed by atoms with van der Waals surface area (Å²) >= 11 is 0. The van der Waals surface area contributed by atoms with Crippen LogP contribution < -0.4 is 5.56 Å². The minimum Gasteiger partial charge on any atom is -0.328 e. The molecule has 0 fully saturated rings. The van der Waals surface area contributed by atoms with Crippen molar-refractivity contribution >= 4 is 0 Å². The average Bonchev–Trinajstić information content (AvgIpc) is 2.38. The van der Waals surface area contributed by atoms with Gasteiger partial charge < -0.3 is 4.98 Å². The maximum atomic E-state index is 11.5. The van der Waals surface area contributed by atoms with Crippen molar-refractivity contribution < 1.29 is 0 Å². The van der Waals surface area contributed by atoms with E-state index < -0.39 is 0 Å². The van der Waals surface area contributed by atoms with E-state index in [1.165, 1.54) is 5.56 Å². The summed E-state index contributed by atoms with van der Waals surface area (Å²) in [4.78, 5) is 14.1. The maximum absolute atomic E-state index is 11.5. The van der Waals surface area contributed by atoms with Crippen LogP contribution in [0.2, 0.25) is 0 Å². The first-order valence-corrected chi connectivity index (χ1v) is 5.85. The van der Waals surface area contributed by atoms with Crippen LogP contribution in [0.25, 0.3) is 11.1 Å². The smallest absolute Gasteiger partial charge is 0.266 e. The van der Waals surface area contributed by atoms with E-state index in [-0.39, 0.29) is 11.1 Å². The Morgan fingerprint density at radius 1 is 1.17 bits per heavy atom. The molecule has 0 amide bonds. The standard InChI is InChI=1S/C15H14N2O/c1-10(2)11-3-5-12(6-4-11)13-7-8-17-15(18)14(13)9-16/h3-8,10H,1-2H3,(H,17,18). The fraction of sp³-hybridized carbons (Fsp3) is 0.200. The van der Waals surface area contributed by atoms with Gasteiger partial charge in [-0.3, -0.25) is 4.79 Å². The van der Waals surface area contributed by atoms with Crippen molar-refractivity contribution in [1.29, 1.82) is 5.26 Å². The van der Waals surface area contributed by atoms with Gasteiger partial charge in [-0.15, -0.1) is 0 Å². The molecule has 0 atom stereocenters. The Balaban J connectivity index is 2.53. The van der Waals surface area contributed by atoms with Gasteiger partial charge >= 0.3 is 0 Å². The lowest BCUT2D eigenvalue weighted by atomic mass is 9.97. The zero-order valence-corrected chi connectivity index (χ0v) is 10.4. The third-order valence-electron chi connectivity index (χ3n) is 2.96. The number of hydrogen-bond acceptors (Lipinski definition) is 2. The van der Waals surface area contributed by atoms with Gasteiger partial charge in [-0.1, -0.05) is 38.1 Å². The molecule has 1 aromatic carbocycles.